The summed E-state index contributed by atoms with van der Waals surface area (Å²) in [7, 11) is 0. The molecule has 2 nitrogen and oxygen atoms in total. The van der Waals surface area contributed by atoms with Gasteiger partial charge in [-0.05, 0) is 34.1 Å². The first-order chi connectivity index (χ1) is 7.58. The predicted molar refractivity (Wildman–Crippen MR) is 60.1 cm³/mol. The summed E-state index contributed by atoms with van der Waals surface area (Å²) in [6.45, 7) is 0. The molecular weight excluding hydrogens is 301 g/mol. The van der Waals surface area contributed by atoms with Gasteiger partial charge < -0.3 is 0 Å². The fourth-order valence-electron chi connectivity index (χ4n) is 1.14. The van der Waals surface area contributed by atoms with Gasteiger partial charge in [0.2, 0.25) is 0 Å². The van der Waals surface area contributed by atoms with Crippen LogP contribution in [0.4, 0.5) is 8.78 Å². The Balaban J connectivity index is 2.50. The van der Waals surface area contributed by atoms with Crippen molar-refractivity contribution in [3.05, 3.63) is 45.8 Å². The Kier molecular flexibility index (Phi) is 3.16. The molecule has 0 aliphatic carbocycles. The van der Waals surface area contributed by atoms with Crippen LogP contribution in [0.1, 0.15) is 0 Å². The molecule has 0 spiro atoms. The van der Waals surface area contributed by atoms with Crippen LogP contribution in [0.25, 0.3) is 11.3 Å². The maximum absolute atomic E-state index is 13.2. The van der Waals surface area contributed by atoms with Gasteiger partial charge in [0.05, 0.1) is 5.69 Å². The highest BCUT2D eigenvalue weighted by atomic mass is 79.9. The van der Waals surface area contributed by atoms with E-state index in [4.69, 9.17) is 11.6 Å². The zero-order chi connectivity index (χ0) is 11.7. The lowest BCUT2D eigenvalue weighted by molar-refractivity contribution is 0.613. The monoisotopic (exact) mass is 304 g/mol. The normalized spacial score (nSPS) is 10.5. The van der Waals surface area contributed by atoms with E-state index < -0.39 is 11.6 Å². The van der Waals surface area contributed by atoms with Gasteiger partial charge in [0, 0.05) is 11.8 Å². The second-order valence-corrected chi connectivity index (χ2v) is 4.07. The molecule has 0 aliphatic heterocycles. The average molecular weight is 306 g/mol. The van der Waals surface area contributed by atoms with Crippen molar-refractivity contribution in [3.8, 4) is 11.3 Å². The molecule has 2 aromatic rings. The highest BCUT2D eigenvalue weighted by Crippen LogP contribution is 2.23. The minimum Gasteiger partial charge on any atom is -0.246 e. The maximum atomic E-state index is 13.2. The van der Waals surface area contributed by atoms with E-state index in [0.29, 0.717) is 11.3 Å². The molecule has 0 bridgehead atoms. The second-order valence-electron chi connectivity index (χ2n) is 2.97. The Morgan fingerprint density at radius 1 is 1.19 bits per heavy atom. The third kappa shape index (κ3) is 2.20. The van der Waals surface area contributed by atoms with Crippen molar-refractivity contribution in [2.24, 2.45) is 0 Å². The quantitative estimate of drug-likeness (QED) is 0.748. The van der Waals surface area contributed by atoms with Crippen LogP contribution in [-0.2, 0) is 0 Å². The minimum absolute atomic E-state index is 0.115. The van der Waals surface area contributed by atoms with Gasteiger partial charge in [-0.3, -0.25) is 0 Å². The molecule has 0 saturated heterocycles. The minimum atomic E-state index is -0.615. The van der Waals surface area contributed by atoms with Crippen LogP contribution in [0.15, 0.2) is 29.0 Å². The molecule has 0 saturated carbocycles. The molecule has 0 fully saturated rings. The fraction of sp³-hybridized carbons (Fsp3) is 0. The molecule has 16 heavy (non-hydrogen) atoms. The summed E-state index contributed by atoms with van der Waals surface area (Å²) < 4.78 is 26.2. The number of nitrogens with zero attached hydrogens (tertiary/aromatic N) is 2. The van der Waals surface area contributed by atoms with E-state index in [0.717, 1.165) is 0 Å². The van der Waals surface area contributed by atoms with E-state index in [1.807, 2.05) is 0 Å². The Hall–Kier alpha value is -1.07. The van der Waals surface area contributed by atoms with Crippen molar-refractivity contribution in [2.75, 3.05) is 0 Å². The zero-order valence-corrected chi connectivity index (χ0v) is 10.1. The van der Waals surface area contributed by atoms with Crippen molar-refractivity contribution < 1.29 is 8.78 Å². The summed E-state index contributed by atoms with van der Waals surface area (Å²) in [4.78, 5) is 7.55. The summed E-state index contributed by atoms with van der Waals surface area (Å²) in [6.07, 6.45) is 1.42. The molecule has 2 heterocycles. The number of rotatable bonds is 1. The largest absolute Gasteiger partial charge is 0.246 e. The smallest absolute Gasteiger partial charge is 0.165 e. The van der Waals surface area contributed by atoms with E-state index in [9.17, 15) is 8.78 Å². The molecule has 82 valence electrons. The van der Waals surface area contributed by atoms with E-state index in [2.05, 4.69) is 25.9 Å². The predicted octanol–water partition coefficient (Wildman–Crippen LogP) is 3.84. The van der Waals surface area contributed by atoms with Crippen LogP contribution in [0.2, 0.25) is 5.15 Å². The lowest BCUT2D eigenvalue weighted by atomic mass is 10.2. The summed E-state index contributed by atoms with van der Waals surface area (Å²) in [5.74, 6) is -1.13. The van der Waals surface area contributed by atoms with Crippen LogP contribution in [0.3, 0.4) is 0 Å². The first-order valence-electron chi connectivity index (χ1n) is 4.21. The average Bonchev–Trinajstić information content (AvgIpc) is 2.26. The number of halogens is 4. The van der Waals surface area contributed by atoms with Gasteiger partial charge in [-0.2, -0.15) is 0 Å². The van der Waals surface area contributed by atoms with Gasteiger partial charge in [-0.15, -0.1) is 0 Å². The number of hydrogen-bond acceptors (Lipinski definition) is 2. The first kappa shape index (κ1) is 11.4. The second kappa shape index (κ2) is 4.43. The van der Waals surface area contributed by atoms with E-state index in [-0.39, 0.29) is 9.76 Å². The lowest BCUT2D eigenvalue weighted by Gasteiger charge is -2.02. The Morgan fingerprint density at radius 2 is 1.94 bits per heavy atom. The lowest BCUT2D eigenvalue weighted by Crippen LogP contribution is -1.90. The van der Waals surface area contributed by atoms with Gasteiger partial charge in [0.1, 0.15) is 4.60 Å². The van der Waals surface area contributed by atoms with Gasteiger partial charge in [0.25, 0.3) is 0 Å². The van der Waals surface area contributed by atoms with Crippen LogP contribution < -0.4 is 0 Å². The number of aromatic nitrogens is 2. The molecule has 2 rings (SSSR count). The van der Waals surface area contributed by atoms with Crippen molar-refractivity contribution in [2.45, 2.75) is 0 Å². The SMILES string of the molecule is Fc1ccc(-c2cnc(Br)c(F)c2)nc1Cl. The molecule has 6 heteroatoms. The van der Waals surface area contributed by atoms with Crippen LogP contribution in [-0.4, -0.2) is 9.97 Å². The van der Waals surface area contributed by atoms with E-state index >= 15 is 0 Å². The topological polar surface area (TPSA) is 25.8 Å². The highest BCUT2D eigenvalue weighted by Gasteiger charge is 2.08. The fourth-order valence-corrected chi connectivity index (χ4v) is 1.51. The summed E-state index contributed by atoms with van der Waals surface area (Å²) in [6, 6.07) is 3.82. The first-order valence-corrected chi connectivity index (χ1v) is 5.38. The molecule has 0 aromatic carbocycles. The van der Waals surface area contributed by atoms with E-state index in [1.165, 1.54) is 24.4 Å². The summed E-state index contributed by atoms with van der Waals surface area (Å²) >= 11 is 8.46. The van der Waals surface area contributed by atoms with Crippen LogP contribution in [0.5, 0.6) is 0 Å². The number of hydrogen-bond donors (Lipinski definition) is 0. The summed E-state index contributed by atoms with van der Waals surface area (Å²) in [5, 5.41) is -0.249. The summed E-state index contributed by atoms with van der Waals surface area (Å²) in [5.41, 5.74) is 0.799. The van der Waals surface area contributed by atoms with Crippen molar-refractivity contribution in [1.82, 2.24) is 9.97 Å². The van der Waals surface area contributed by atoms with Crippen molar-refractivity contribution >= 4 is 27.5 Å². The Morgan fingerprint density at radius 3 is 2.56 bits per heavy atom. The van der Waals surface area contributed by atoms with Crippen molar-refractivity contribution in [1.29, 1.82) is 0 Å². The third-order valence-corrected chi connectivity index (χ3v) is 2.74. The standard InChI is InChI=1S/C10H4BrClF2N2/c11-9-7(14)3-5(4-15-9)8-2-1-6(13)10(12)16-8/h1-4H. The Labute approximate surface area is 103 Å². The zero-order valence-electron chi connectivity index (χ0n) is 7.72. The molecule has 0 unspecified atom stereocenters. The molecule has 2 aromatic heterocycles. The van der Waals surface area contributed by atoms with Crippen molar-refractivity contribution in [3.63, 3.8) is 0 Å². The van der Waals surface area contributed by atoms with Gasteiger partial charge in [0.15, 0.2) is 16.8 Å². The Bertz CT molecular complexity index is 499. The van der Waals surface area contributed by atoms with Crippen LogP contribution >= 0.6 is 27.5 Å². The number of pyridine rings is 2. The molecule has 0 atom stereocenters. The van der Waals surface area contributed by atoms with Crippen LogP contribution in [0, 0.1) is 11.6 Å². The van der Waals surface area contributed by atoms with E-state index in [1.54, 1.807) is 0 Å². The molecular formula is C10H4BrClF2N2. The molecule has 0 N–H and O–H groups in total. The molecule has 0 aliphatic rings. The van der Waals surface area contributed by atoms with Gasteiger partial charge in [-0.25, -0.2) is 18.7 Å². The molecule has 0 amide bonds. The maximum Gasteiger partial charge on any atom is 0.165 e. The van der Waals surface area contributed by atoms with Gasteiger partial charge >= 0.3 is 0 Å². The highest BCUT2D eigenvalue weighted by molar-refractivity contribution is 9.10. The third-order valence-electron chi connectivity index (χ3n) is 1.90. The van der Waals surface area contributed by atoms with Gasteiger partial charge in [-0.1, -0.05) is 11.6 Å². The molecule has 0 radical (unpaired) electrons.